The maximum Gasteiger partial charge on any atom is 0.277 e. The standard InChI is InChI=1S/C19H14Cl2N2O2/c20-15-9-8-14(17(21)10-15)11-22-23-19(24)12-25-18-7-3-5-13-4-1-2-6-16(13)18/h1-11H,12H2,(H,23,24). The Morgan fingerprint density at radius 1 is 1.08 bits per heavy atom. The van der Waals surface area contributed by atoms with Gasteiger partial charge in [-0.3, -0.25) is 4.79 Å². The summed E-state index contributed by atoms with van der Waals surface area (Å²) < 4.78 is 5.59. The van der Waals surface area contributed by atoms with Gasteiger partial charge < -0.3 is 4.74 Å². The summed E-state index contributed by atoms with van der Waals surface area (Å²) in [6, 6.07) is 18.5. The minimum Gasteiger partial charge on any atom is -0.483 e. The van der Waals surface area contributed by atoms with E-state index in [-0.39, 0.29) is 12.5 Å². The number of hydrazone groups is 1. The van der Waals surface area contributed by atoms with Gasteiger partial charge in [0, 0.05) is 16.0 Å². The first-order valence-corrected chi connectivity index (χ1v) is 8.26. The Kier molecular flexibility index (Phi) is 5.53. The molecule has 0 bridgehead atoms. The minimum atomic E-state index is -0.366. The van der Waals surface area contributed by atoms with E-state index in [1.54, 1.807) is 18.2 Å². The molecule has 0 heterocycles. The zero-order valence-electron chi connectivity index (χ0n) is 13.1. The van der Waals surface area contributed by atoms with Crippen molar-refractivity contribution < 1.29 is 9.53 Å². The fourth-order valence-corrected chi connectivity index (χ4v) is 2.73. The van der Waals surface area contributed by atoms with E-state index in [9.17, 15) is 4.79 Å². The molecule has 0 radical (unpaired) electrons. The Labute approximate surface area is 155 Å². The number of carbonyl (C=O) groups is 1. The highest BCUT2D eigenvalue weighted by molar-refractivity contribution is 6.36. The molecule has 3 aromatic carbocycles. The maximum absolute atomic E-state index is 11.9. The van der Waals surface area contributed by atoms with Crippen molar-refractivity contribution in [3.8, 4) is 5.75 Å². The van der Waals surface area contributed by atoms with Crippen LogP contribution in [0.1, 0.15) is 5.56 Å². The SMILES string of the molecule is O=C(COc1cccc2ccccc12)NN=Cc1ccc(Cl)cc1Cl. The summed E-state index contributed by atoms with van der Waals surface area (Å²) in [6.07, 6.45) is 1.45. The van der Waals surface area contributed by atoms with Crippen molar-refractivity contribution in [2.75, 3.05) is 6.61 Å². The second kappa shape index (κ2) is 8.01. The monoisotopic (exact) mass is 372 g/mol. The van der Waals surface area contributed by atoms with Crippen LogP contribution in [0, 0.1) is 0 Å². The van der Waals surface area contributed by atoms with E-state index >= 15 is 0 Å². The molecule has 0 unspecified atom stereocenters. The molecule has 1 N–H and O–H groups in total. The predicted molar refractivity (Wildman–Crippen MR) is 102 cm³/mol. The van der Waals surface area contributed by atoms with Gasteiger partial charge in [0.2, 0.25) is 0 Å². The Morgan fingerprint density at radius 3 is 2.72 bits per heavy atom. The van der Waals surface area contributed by atoms with E-state index in [0.717, 1.165) is 10.8 Å². The van der Waals surface area contributed by atoms with Crippen molar-refractivity contribution in [2.24, 2.45) is 5.10 Å². The molecule has 0 saturated carbocycles. The third-order valence-corrected chi connectivity index (χ3v) is 4.03. The van der Waals surface area contributed by atoms with Gasteiger partial charge in [-0.25, -0.2) is 5.43 Å². The van der Waals surface area contributed by atoms with Gasteiger partial charge in [-0.1, -0.05) is 65.7 Å². The highest BCUT2D eigenvalue weighted by atomic mass is 35.5. The van der Waals surface area contributed by atoms with Crippen LogP contribution in [0.4, 0.5) is 0 Å². The van der Waals surface area contributed by atoms with Crippen molar-refractivity contribution in [3.63, 3.8) is 0 Å². The lowest BCUT2D eigenvalue weighted by molar-refractivity contribution is -0.123. The van der Waals surface area contributed by atoms with Gasteiger partial charge in [0.25, 0.3) is 5.91 Å². The smallest absolute Gasteiger partial charge is 0.277 e. The predicted octanol–water partition coefficient (Wildman–Crippen LogP) is 4.68. The summed E-state index contributed by atoms with van der Waals surface area (Å²) in [5.74, 6) is 0.284. The largest absolute Gasteiger partial charge is 0.483 e. The van der Waals surface area contributed by atoms with Crippen LogP contribution in [0.5, 0.6) is 5.75 Å². The first-order chi connectivity index (χ1) is 12.1. The lowest BCUT2D eigenvalue weighted by Gasteiger charge is -2.08. The Balaban J connectivity index is 1.58. The first-order valence-electron chi connectivity index (χ1n) is 7.51. The van der Waals surface area contributed by atoms with Crippen LogP contribution in [0.25, 0.3) is 10.8 Å². The quantitative estimate of drug-likeness (QED) is 0.522. The van der Waals surface area contributed by atoms with Crippen molar-refractivity contribution in [1.82, 2.24) is 5.43 Å². The molecule has 1 amide bonds. The normalized spacial score (nSPS) is 11.0. The molecule has 0 aliphatic rings. The first kappa shape index (κ1) is 17.3. The van der Waals surface area contributed by atoms with Crippen LogP contribution in [0.3, 0.4) is 0 Å². The van der Waals surface area contributed by atoms with Gasteiger partial charge in [0.1, 0.15) is 5.75 Å². The lowest BCUT2D eigenvalue weighted by atomic mass is 10.1. The van der Waals surface area contributed by atoms with Gasteiger partial charge >= 0.3 is 0 Å². The molecule has 6 heteroatoms. The zero-order chi connectivity index (χ0) is 17.6. The van der Waals surface area contributed by atoms with Gasteiger partial charge in [-0.2, -0.15) is 5.10 Å². The molecule has 0 aliphatic heterocycles. The van der Waals surface area contributed by atoms with E-state index in [4.69, 9.17) is 27.9 Å². The van der Waals surface area contributed by atoms with Crippen molar-refractivity contribution in [2.45, 2.75) is 0 Å². The number of benzene rings is 3. The number of amides is 1. The van der Waals surface area contributed by atoms with Crippen LogP contribution in [-0.4, -0.2) is 18.7 Å². The average molecular weight is 373 g/mol. The second-order valence-corrected chi connectivity index (χ2v) is 6.07. The fourth-order valence-electron chi connectivity index (χ4n) is 2.28. The summed E-state index contributed by atoms with van der Waals surface area (Å²) >= 11 is 11.9. The molecular weight excluding hydrogens is 359 g/mol. The molecule has 0 saturated heterocycles. The number of hydrogen-bond donors (Lipinski definition) is 1. The fraction of sp³-hybridized carbons (Fsp3) is 0.0526. The number of carbonyl (C=O) groups excluding carboxylic acids is 1. The van der Waals surface area contributed by atoms with Crippen molar-refractivity contribution >= 4 is 46.1 Å². The molecule has 0 aromatic heterocycles. The second-order valence-electron chi connectivity index (χ2n) is 5.22. The van der Waals surface area contributed by atoms with Crippen LogP contribution in [0.2, 0.25) is 10.0 Å². The maximum atomic E-state index is 11.9. The molecule has 25 heavy (non-hydrogen) atoms. The third-order valence-electron chi connectivity index (χ3n) is 3.46. The molecule has 126 valence electrons. The number of fused-ring (bicyclic) bond motifs is 1. The number of rotatable bonds is 5. The molecule has 0 spiro atoms. The Hall–Kier alpha value is -2.56. The Bertz CT molecular complexity index is 936. The van der Waals surface area contributed by atoms with E-state index in [1.165, 1.54) is 6.21 Å². The van der Waals surface area contributed by atoms with Crippen molar-refractivity contribution in [1.29, 1.82) is 0 Å². The minimum absolute atomic E-state index is 0.139. The average Bonchev–Trinajstić information content (AvgIpc) is 2.62. The number of nitrogens with zero attached hydrogens (tertiary/aromatic N) is 1. The van der Waals surface area contributed by atoms with Gasteiger partial charge in [-0.05, 0) is 23.6 Å². The molecule has 4 nitrogen and oxygen atoms in total. The molecule has 0 aliphatic carbocycles. The summed E-state index contributed by atoms with van der Waals surface area (Å²) in [7, 11) is 0. The highest BCUT2D eigenvalue weighted by Gasteiger charge is 2.05. The highest BCUT2D eigenvalue weighted by Crippen LogP contribution is 2.25. The van der Waals surface area contributed by atoms with Crippen molar-refractivity contribution in [3.05, 3.63) is 76.3 Å². The van der Waals surface area contributed by atoms with Crippen LogP contribution >= 0.6 is 23.2 Å². The molecular formula is C19H14Cl2N2O2. The van der Waals surface area contributed by atoms with Gasteiger partial charge in [-0.15, -0.1) is 0 Å². The molecule has 3 rings (SSSR count). The topological polar surface area (TPSA) is 50.7 Å². The number of nitrogens with one attached hydrogen (secondary N) is 1. The molecule has 0 atom stereocenters. The summed E-state index contributed by atoms with van der Waals surface area (Å²) in [5.41, 5.74) is 3.06. The number of halogens is 2. The Morgan fingerprint density at radius 2 is 1.88 bits per heavy atom. The lowest BCUT2D eigenvalue weighted by Crippen LogP contribution is -2.24. The molecule has 0 fully saturated rings. The van der Waals surface area contributed by atoms with E-state index in [1.807, 2.05) is 42.5 Å². The van der Waals surface area contributed by atoms with Crippen LogP contribution < -0.4 is 10.2 Å². The molecule has 3 aromatic rings. The van der Waals surface area contributed by atoms with Crippen LogP contribution in [0.15, 0.2) is 65.8 Å². The van der Waals surface area contributed by atoms with E-state index < -0.39 is 0 Å². The summed E-state index contributed by atoms with van der Waals surface area (Å²) in [6.45, 7) is -0.139. The van der Waals surface area contributed by atoms with Gasteiger partial charge in [0.15, 0.2) is 6.61 Å². The van der Waals surface area contributed by atoms with E-state index in [0.29, 0.717) is 21.4 Å². The third kappa shape index (κ3) is 4.50. The number of ether oxygens (including phenoxy) is 1. The van der Waals surface area contributed by atoms with Crippen LogP contribution in [-0.2, 0) is 4.79 Å². The zero-order valence-corrected chi connectivity index (χ0v) is 14.6. The van der Waals surface area contributed by atoms with Gasteiger partial charge in [0.05, 0.1) is 11.2 Å². The summed E-state index contributed by atoms with van der Waals surface area (Å²) in [5, 5.41) is 6.87. The summed E-state index contributed by atoms with van der Waals surface area (Å²) in [4.78, 5) is 11.9. The van der Waals surface area contributed by atoms with E-state index in [2.05, 4.69) is 10.5 Å². The number of hydrogen-bond acceptors (Lipinski definition) is 3.